The fourth-order valence-corrected chi connectivity index (χ4v) is 9.53. The standard InChI is InChI=1S/C39H56N4O7SSi/c1-24(2)34(32-21-33(42-49-32)48-29-14-16-39(17-15-29)46-18-19-47-39)37(45)43-22-30(50-52(8,9)38(5,6)7)20-31(43)36(44)41-25(3)27-10-12-28(13-11-27)35-26(4)40-23-51-35/h10-13,21,23-25,29-31,34H,14-20,22H2,1-9H3,(H,41,44)/t25-,30+,31-,34-/m0/s1. The molecule has 4 heterocycles. The van der Waals surface area contributed by atoms with Crippen molar-refractivity contribution < 1.29 is 32.7 Å². The molecule has 3 aliphatic rings. The summed E-state index contributed by atoms with van der Waals surface area (Å²) in [6.07, 6.45) is 3.21. The maximum absolute atomic E-state index is 14.6. The van der Waals surface area contributed by atoms with Gasteiger partial charge >= 0.3 is 0 Å². The largest absolute Gasteiger partial charge is 0.472 e. The molecule has 1 saturated carbocycles. The van der Waals surface area contributed by atoms with Gasteiger partial charge < -0.3 is 33.4 Å². The summed E-state index contributed by atoms with van der Waals surface area (Å²) < 4.78 is 30.6. The van der Waals surface area contributed by atoms with Crippen LogP contribution in [0.15, 0.2) is 40.4 Å². The fourth-order valence-electron chi connectivity index (χ4n) is 7.36. The number of nitrogens with zero attached hydrogens (tertiary/aromatic N) is 3. The Labute approximate surface area is 313 Å². The van der Waals surface area contributed by atoms with Gasteiger partial charge in [0.25, 0.3) is 5.88 Å². The van der Waals surface area contributed by atoms with Gasteiger partial charge in [-0.05, 0) is 67.0 Å². The zero-order chi connectivity index (χ0) is 37.4. The first-order valence-corrected chi connectivity index (χ1v) is 22.5. The van der Waals surface area contributed by atoms with E-state index < -0.39 is 26.1 Å². The van der Waals surface area contributed by atoms with Crippen LogP contribution in [0.3, 0.4) is 0 Å². The number of amides is 2. The van der Waals surface area contributed by atoms with Crippen LogP contribution in [0.2, 0.25) is 18.1 Å². The molecule has 1 N–H and O–H groups in total. The van der Waals surface area contributed by atoms with Gasteiger partial charge in [-0.15, -0.1) is 11.3 Å². The van der Waals surface area contributed by atoms with Crippen molar-refractivity contribution in [2.75, 3.05) is 19.8 Å². The number of likely N-dealkylation sites (tertiary alicyclic amines) is 1. The SMILES string of the molecule is Cc1ncsc1-c1ccc([C@H](C)NC(=O)[C@@H]2C[C@@H](O[Si](C)(C)C(C)(C)C)CN2C(=O)[C@H](c2cc(OC3CCC4(CC3)OCCO4)no2)C(C)C)cc1. The van der Waals surface area contributed by atoms with E-state index in [-0.39, 0.29) is 41.0 Å². The number of ether oxygens (including phenoxy) is 3. The topological polar surface area (TPSA) is 125 Å². The highest BCUT2D eigenvalue weighted by Crippen LogP contribution is 2.41. The molecule has 2 aliphatic heterocycles. The van der Waals surface area contributed by atoms with E-state index in [0.717, 1.165) is 47.4 Å². The summed E-state index contributed by atoms with van der Waals surface area (Å²) in [4.78, 5) is 36.0. The minimum atomic E-state index is -2.19. The van der Waals surface area contributed by atoms with Crippen LogP contribution in [0.25, 0.3) is 10.4 Å². The Morgan fingerprint density at radius 3 is 2.33 bits per heavy atom. The van der Waals surface area contributed by atoms with Crippen LogP contribution in [0.5, 0.6) is 5.88 Å². The number of hydrogen-bond acceptors (Lipinski definition) is 10. The van der Waals surface area contributed by atoms with Gasteiger partial charge in [-0.25, -0.2) is 4.98 Å². The lowest BCUT2D eigenvalue weighted by Gasteiger charge is -2.38. The molecular weight excluding hydrogens is 697 g/mol. The zero-order valence-electron chi connectivity index (χ0n) is 32.2. The Kier molecular flexibility index (Phi) is 11.4. The predicted octanol–water partition coefficient (Wildman–Crippen LogP) is 7.78. The average molecular weight is 753 g/mol. The van der Waals surface area contributed by atoms with Crippen LogP contribution in [0, 0.1) is 12.8 Å². The summed E-state index contributed by atoms with van der Waals surface area (Å²) in [5, 5.41) is 7.42. The molecule has 3 fully saturated rings. The number of carbonyl (C=O) groups excluding carboxylic acids is 2. The number of rotatable bonds is 11. The van der Waals surface area contributed by atoms with Gasteiger partial charge in [0.1, 0.15) is 18.1 Å². The number of nitrogens with one attached hydrogen (secondary N) is 1. The number of hydrogen-bond donors (Lipinski definition) is 1. The third-order valence-corrected chi connectivity index (χ3v) is 16.9. The van der Waals surface area contributed by atoms with Gasteiger partial charge in [-0.2, -0.15) is 0 Å². The van der Waals surface area contributed by atoms with Gasteiger partial charge in [0.15, 0.2) is 19.9 Å². The molecule has 2 amide bonds. The van der Waals surface area contributed by atoms with Crippen molar-refractivity contribution in [3.63, 3.8) is 0 Å². The van der Waals surface area contributed by atoms with E-state index in [1.807, 2.05) is 45.3 Å². The molecule has 284 valence electrons. The Morgan fingerprint density at radius 1 is 1.06 bits per heavy atom. The zero-order valence-corrected chi connectivity index (χ0v) is 34.0. The summed E-state index contributed by atoms with van der Waals surface area (Å²) >= 11 is 1.61. The van der Waals surface area contributed by atoms with Crippen LogP contribution in [0.4, 0.5) is 0 Å². The van der Waals surface area contributed by atoms with E-state index in [4.69, 9.17) is 23.2 Å². The highest BCUT2D eigenvalue weighted by atomic mass is 32.1. The van der Waals surface area contributed by atoms with E-state index >= 15 is 0 Å². The smallest absolute Gasteiger partial charge is 0.254 e. The van der Waals surface area contributed by atoms with Crippen molar-refractivity contribution in [2.45, 2.75) is 135 Å². The lowest BCUT2D eigenvalue weighted by Crippen LogP contribution is -2.48. The van der Waals surface area contributed by atoms with Gasteiger partial charge in [-0.3, -0.25) is 9.59 Å². The van der Waals surface area contributed by atoms with E-state index in [2.05, 4.69) is 61.5 Å². The Balaban J connectivity index is 1.17. The molecule has 1 aliphatic carbocycles. The van der Waals surface area contributed by atoms with E-state index in [1.54, 1.807) is 22.3 Å². The second-order valence-electron chi connectivity index (χ2n) is 16.6. The Morgan fingerprint density at radius 2 is 1.73 bits per heavy atom. The highest BCUT2D eigenvalue weighted by Gasteiger charge is 2.48. The Bertz CT molecular complexity index is 1680. The van der Waals surface area contributed by atoms with Crippen molar-refractivity contribution >= 4 is 31.5 Å². The summed E-state index contributed by atoms with van der Waals surface area (Å²) in [7, 11) is -2.19. The Hall–Kier alpha value is -3.10. The molecule has 0 radical (unpaired) electrons. The minimum Gasteiger partial charge on any atom is -0.472 e. The molecule has 52 heavy (non-hydrogen) atoms. The maximum atomic E-state index is 14.6. The summed E-state index contributed by atoms with van der Waals surface area (Å²) in [6, 6.07) is 9.00. The van der Waals surface area contributed by atoms with Crippen LogP contribution < -0.4 is 10.1 Å². The quantitative estimate of drug-likeness (QED) is 0.196. The molecule has 2 aromatic heterocycles. The lowest BCUT2D eigenvalue weighted by molar-refractivity contribution is -0.186. The molecule has 0 bridgehead atoms. The van der Waals surface area contributed by atoms with E-state index in [9.17, 15) is 9.59 Å². The van der Waals surface area contributed by atoms with Gasteiger partial charge in [0.2, 0.25) is 11.8 Å². The molecule has 11 nitrogen and oxygen atoms in total. The first-order valence-electron chi connectivity index (χ1n) is 18.8. The van der Waals surface area contributed by atoms with Gasteiger partial charge in [0, 0.05) is 31.9 Å². The third-order valence-electron chi connectivity index (χ3n) is 11.4. The van der Waals surface area contributed by atoms with Crippen LogP contribution in [-0.2, 0) is 23.5 Å². The van der Waals surface area contributed by atoms with Crippen molar-refractivity contribution in [1.82, 2.24) is 20.4 Å². The van der Waals surface area contributed by atoms with E-state index in [0.29, 0.717) is 37.8 Å². The molecule has 4 atom stereocenters. The predicted molar refractivity (Wildman–Crippen MR) is 203 cm³/mol. The van der Waals surface area contributed by atoms with Crippen LogP contribution >= 0.6 is 11.3 Å². The van der Waals surface area contributed by atoms with Gasteiger partial charge in [-0.1, -0.05) is 58.9 Å². The number of thiazole rings is 1. The van der Waals surface area contributed by atoms with Crippen molar-refractivity contribution in [3.05, 3.63) is 52.9 Å². The maximum Gasteiger partial charge on any atom is 0.254 e. The second-order valence-corrected chi connectivity index (χ2v) is 22.2. The minimum absolute atomic E-state index is 0.0205. The summed E-state index contributed by atoms with van der Waals surface area (Å²) in [5.41, 5.74) is 4.93. The summed E-state index contributed by atoms with van der Waals surface area (Å²) in [6.45, 7) is 20.6. The summed E-state index contributed by atoms with van der Waals surface area (Å²) in [5.74, 6) is -0.821. The highest BCUT2D eigenvalue weighted by molar-refractivity contribution is 7.13. The molecule has 1 spiro atoms. The normalized spacial score (nSPS) is 22.2. The molecule has 6 rings (SSSR count). The molecule has 3 aromatic rings. The molecular formula is C39H56N4O7SSi. The molecule has 13 heteroatoms. The molecule has 1 aromatic carbocycles. The first kappa shape index (κ1) is 38.6. The number of aryl methyl sites for hydroxylation is 1. The molecule has 0 unspecified atom stereocenters. The van der Waals surface area contributed by atoms with Crippen LogP contribution in [0.1, 0.15) is 103 Å². The third kappa shape index (κ3) is 8.33. The average Bonchev–Trinajstić information content (AvgIpc) is 3.90. The van der Waals surface area contributed by atoms with Crippen molar-refractivity contribution in [2.24, 2.45) is 5.92 Å². The monoisotopic (exact) mass is 752 g/mol. The van der Waals surface area contributed by atoms with Crippen molar-refractivity contribution in [1.29, 1.82) is 0 Å². The first-order chi connectivity index (χ1) is 24.6. The van der Waals surface area contributed by atoms with E-state index in [1.165, 1.54) is 0 Å². The molecule has 2 saturated heterocycles. The number of aromatic nitrogens is 2. The van der Waals surface area contributed by atoms with Crippen LogP contribution in [-0.4, -0.2) is 79.0 Å². The van der Waals surface area contributed by atoms with Crippen molar-refractivity contribution in [3.8, 4) is 16.3 Å². The lowest BCUT2D eigenvalue weighted by atomic mass is 9.91. The number of carbonyl (C=O) groups is 2. The second kappa shape index (κ2) is 15.3. The number of benzene rings is 1. The fraction of sp³-hybridized carbons (Fsp3) is 0.641. The van der Waals surface area contributed by atoms with Gasteiger partial charge in [0.05, 0.1) is 41.4 Å².